The monoisotopic (exact) mass is 503 g/mol. The third-order valence-corrected chi connectivity index (χ3v) is 6.69. The molecule has 1 aliphatic rings. The van der Waals surface area contributed by atoms with E-state index in [4.69, 9.17) is 9.84 Å². The molecule has 0 unspecified atom stereocenters. The number of carbonyl (C=O) groups excluding carboxylic acids is 1. The molecule has 0 bridgehead atoms. The number of aryl methyl sites for hydroxylation is 2. The fourth-order valence-corrected chi connectivity index (χ4v) is 4.90. The normalized spacial score (nSPS) is 14.9. The van der Waals surface area contributed by atoms with Gasteiger partial charge in [0, 0.05) is 37.4 Å². The number of fused-ring (bicyclic) bond motifs is 2. The van der Waals surface area contributed by atoms with Crippen LogP contribution in [-0.2, 0) is 4.74 Å². The Kier molecular flexibility index (Phi) is 6.13. The maximum Gasteiger partial charge on any atom is 0.410 e. The SMILES string of the molecule is CNc1cc(-c2cc(C)c3nc(C)cn3n2)cc2ncn(C3CCN(C(=O)OC(C)(C)C)CC3)c(=O)c12. The molecule has 4 heterocycles. The highest BCUT2D eigenvalue weighted by Crippen LogP contribution is 2.30. The smallest absolute Gasteiger partial charge is 0.410 e. The van der Waals surface area contributed by atoms with E-state index in [2.05, 4.69) is 15.3 Å². The lowest BCUT2D eigenvalue weighted by Crippen LogP contribution is -2.43. The minimum Gasteiger partial charge on any atom is -0.444 e. The number of hydrogen-bond donors (Lipinski definition) is 1. The third-order valence-electron chi connectivity index (χ3n) is 6.69. The predicted octanol–water partition coefficient (Wildman–Crippen LogP) is 4.34. The van der Waals surface area contributed by atoms with Gasteiger partial charge < -0.3 is 15.0 Å². The van der Waals surface area contributed by atoms with Crippen LogP contribution in [0.1, 0.15) is 50.9 Å². The van der Waals surface area contributed by atoms with E-state index in [0.717, 1.165) is 28.2 Å². The predicted molar refractivity (Wildman–Crippen MR) is 143 cm³/mol. The van der Waals surface area contributed by atoms with Gasteiger partial charge in [-0.1, -0.05) is 0 Å². The molecule has 0 atom stereocenters. The van der Waals surface area contributed by atoms with Crippen molar-refractivity contribution in [1.82, 2.24) is 29.0 Å². The summed E-state index contributed by atoms with van der Waals surface area (Å²) in [5.41, 5.74) is 5.07. The number of carbonyl (C=O) groups is 1. The van der Waals surface area contributed by atoms with Crippen molar-refractivity contribution in [3.8, 4) is 11.3 Å². The van der Waals surface area contributed by atoms with E-state index in [0.29, 0.717) is 42.5 Å². The van der Waals surface area contributed by atoms with Gasteiger partial charge in [-0.15, -0.1) is 0 Å². The first-order chi connectivity index (χ1) is 17.5. The first kappa shape index (κ1) is 24.7. The van der Waals surface area contributed by atoms with Crippen LogP contribution in [0.3, 0.4) is 0 Å². The van der Waals surface area contributed by atoms with E-state index in [1.807, 2.05) is 59.0 Å². The maximum absolute atomic E-state index is 13.6. The van der Waals surface area contributed by atoms with Crippen molar-refractivity contribution < 1.29 is 9.53 Å². The van der Waals surface area contributed by atoms with Crippen LogP contribution in [0.2, 0.25) is 0 Å². The molecule has 10 heteroatoms. The molecule has 1 saturated heterocycles. The quantitative estimate of drug-likeness (QED) is 0.443. The molecule has 1 amide bonds. The zero-order chi connectivity index (χ0) is 26.5. The Morgan fingerprint density at radius 2 is 1.86 bits per heavy atom. The second kappa shape index (κ2) is 9.17. The average molecular weight is 504 g/mol. The molecule has 0 aliphatic carbocycles. The van der Waals surface area contributed by atoms with Crippen LogP contribution in [0.15, 0.2) is 35.5 Å². The summed E-state index contributed by atoms with van der Waals surface area (Å²) in [6.45, 7) is 10.6. The van der Waals surface area contributed by atoms with Gasteiger partial charge in [0.2, 0.25) is 0 Å². The minimum absolute atomic E-state index is 0.0383. The lowest BCUT2D eigenvalue weighted by Gasteiger charge is -2.34. The van der Waals surface area contributed by atoms with Gasteiger partial charge >= 0.3 is 6.09 Å². The summed E-state index contributed by atoms with van der Waals surface area (Å²) in [5.74, 6) is 0. The van der Waals surface area contributed by atoms with Crippen LogP contribution in [0, 0.1) is 13.8 Å². The molecular weight excluding hydrogens is 470 g/mol. The van der Waals surface area contributed by atoms with Gasteiger partial charge in [0.05, 0.1) is 34.8 Å². The first-order valence-corrected chi connectivity index (χ1v) is 12.6. The number of ether oxygens (including phenoxy) is 1. The number of hydrogen-bond acceptors (Lipinski definition) is 7. The summed E-state index contributed by atoms with van der Waals surface area (Å²) >= 11 is 0. The Bertz CT molecular complexity index is 1560. The van der Waals surface area contributed by atoms with Crippen LogP contribution >= 0.6 is 0 Å². The zero-order valence-electron chi connectivity index (χ0n) is 22.2. The summed E-state index contributed by atoms with van der Waals surface area (Å²) in [6, 6.07) is 5.81. The van der Waals surface area contributed by atoms with Crippen LogP contribution in [0.4, 0.5) is 10.5 Å². The standard InChI is InChI=1S/C27H33N7O3/c1-16-11-20(31-34-14-17(2)30-24(16)34)18-12-21(28-6)23-22(13-18)29-15-33(25(23)35)19-7-9-32(10-8-19)26(36)37-27(3,4)5/h11-15,19,28H,7-10H2,1-6H3. The Morgan fingerprint density at radius 3 is 2.54 bits per heavy atom. The van der Waals surface area contributed by atoms with Crippen LogP contribution in [0.5, 0.6) is 0 Å². The second-order valence-electron chi connectivity index (χ2n) is 10.7. The molecule has 37 heavy (non-hydrogen) atoms. The van der Waals surface area contributed by atoms with E-state index in [-0.39, 0.29) is 17.7 Å². The molecule has 5 rings (SSSR count). The van der Waals surface area contributed by atoms with Crippen molar-refractivity contribution in [2.75, 3.05) is 25.5 Å². The summed E-state index contributed by atoms with van der Waals surface area (Å²) in [6.07, 6.45) is 4.53. The van der Waals surface area contributed by atoms with Gasteiger partial charge in [-0.25, -0.2) is 19.3 Å². The molecular formula is C27H33N7O3. The number of nitrogens with one attached hydrogen (secondary N) is 1. The number of rotatable bonds is 3. The first-order valence-electron chi connectivity index (χ1n) is 12.6. The van der Waals surface area contributed by atoms with Gasteiger partial charge in [0.15, 0.2) is 5.65 Å². The molecule has 4 aromatic rings. The summed E-state index contributed by atoms with van der Waals surface area (Å²) in [7, 11) is 1.80. The van der Waals surface area contributed by atoms with E-state index in [1.54, 1.807) is 27.4 Å². The van der Waals surface area contributed by atoms with E-state index in [1.165, 1.54) is 0 Å². The molecule has 1 aromatic carbocycles. The van der Waals surface area contributed by atoms with E-state index < -0.39 is 5.60 Å². The third kappa shape index (κ3) is 4.75. The molecule has 194 valence electrons. The molecule has 0 saturated carbocycles. The minimum atomic E-state index is -0.535. The van der Waals surface area contributed by atoms with Crippen molar-refractivity contribution in [3.63, 3.8) is 0 Å². The molecule has 1 fully saturated rings. The van der Waals surface area contributed by atoms with Gasteiger partial charge in [-0.3, -0.25) is 9.36 Å². The van der Waals surface area contributed by atoms with Crippen molar-refractivity contribution in [3.05, 3.63) is 52.3 Å². The van der Waals surface area contributed by atoms with Crippen LogP contribution in [0.25, 0.3) is 27.8 Å². The molecule has 1 aliphatic heterocycles. The van der Waals surface area contributed by atoms with Gasteiger partial charge in [0.25, 0.3) is 5.56 Å². The van der Waals surface area contributed by atoms with Gasteiger partial charge in [0.1, 0.15) is 5.60 Å². The molecule has 3 aromatic heterocycles. The second-order valence-corrected chi connectivity index (χ2v) is 10.7. The number of piperidine rings is 1. The van der Waals surface area contributed by atoms with Crippen LogP contribution < -0.4 is 10.9 Å². The Hall–Kier alpha value is -3.95. The Labute approximate surface area is 215 Å². The lowest BCUT2D eigenvalue weighted by molar-refractivity contribution is 0.0187. The Balaban J connectivity index is 1.46. The van der Waals surface area contributed by atoms with Crippen molar-refractivity contribution >= 4 is 28.3 Å². The summed E-state index contributed by atoms with van der Waals surface area (Å²) in [5, 5.41) is 8.46. The number of benzene rings is 1. The molecule has 0 spiro atoms. The molecule has 10 nitrogen and oxygen atoms in total. The zero-order valence-corrected chi connectivity index (χ0v) is 22.2. The van der Waals surface area contributed by atoms with Crippen LogP contribution in [-0.4, -0.2) is 60.9 Å². The average Bonchev–Trinajstić information content (AvgIpc) is 3.23. The topological polar surface area (TPSA) is 107 Å². The number of amides is 1. The highest BCUT2D eigenvalue weighted by atomic mass is 16.6. The van der Waals surface area contributed by atoms with Crippen molar-refractivity contribution in [2.24, 2.45) is 0 Å². The fourth-order valence-electron chi connectivity index (χ4n) is 4.90. The van der Waals surface area contributed by atoms with Crippen molar-refractivity contribution in [2.45, 2.75) is 59.1 Å². The summed E-state index contributed by atoms with van der Waals surface area (Å²) in [4.78, 5) is 37.0. The van der Waals surface area contributed by atoms with Gasteiger partial charge in [-0.05, 0) is 71.2 Å². The van der Waals surface area contributed by atoms with E-state index >= 15 is 0 Å². The highest BCUT2D eigenvalue weighted by Gasteiger charge is 2.28. The number of anilines is 1. The van der Waals surface area contributed by atoms with Gasteiger partial charge in [-0.2, -0.15) is 5.10 Å². The number of imidazole rings is 1. The Morgan fingerprint density at radius 1 is 1.14 bits per heavy atom. The highest BCUT2D eigenvalue weighted by molar-refractivity contribution is 5.94. The molecule has 0 radical (unpaired) electrons. The number of aromatic nitrogens is 5. The summed E-state index contributed by atoms with van der Waals surface area (Å²) < 4.78 is 8.99. The number of likely N-dealkylation sites (tertiary alicyclic amines) is 1. The van der Waals surface area contributed by atoms with E-state index in [9.17, 15) is 9.59 Å². The fraction of sp³-hybridized carbons (Fsp3) is 0.444. The molecule has 1 N–H and O–H groups in total. The lowest BCUT2D eigenvalue weighted by atomic mass is 10.0. The maximum atomic E-state index is 13.6. The number of nitrogens with zero attached hydrogens (tertiary/aromatic N) is 6. The van der Waals surface area contributed by atoms with Crippen molar-refractivity contribution in [1.29, 1.82) is 0 Å². The largest absolute Gasteiger partial charge is 0.444 e.